The van der Waals surface area contributed by atoms with Crippen LogP contribution in [0.4, 0.5) is 4.79 Å². The highest BCUT2D eigenvalue weighted by molar-refractivity contribution is 5.88. The van der Waals surface area contributed by atoms with Crippen LogP contribution < -0.4 is 5.32 Å². The van der Waals surface area contributed by atoms with E-state index in [4.69, 9.17) is 14.6 Å². The number of rotatable bonds is 5. The summed E-state index contributed by atoms with van der Waals surface area (Å²) in [5.41, 5.74) is 4.90. The molecule has 1 fully saturated rings. The van der Waals surface area contributed by atoms with E-state index in [-0.39, 0.29) is 38.2 Å². The van der Waals surface area contributed by atoms with Crippen LogP contribution in [0.3, 0.4) is 0 Å². The lowest BCUT2D eigenvalue weighted by molar-refractivity contribution is -0.137. The molecular formula is C26H26N2O6. The van der Waals surface area contributed by atoms with Gasteiger partial charge in [-0.2, -0.15) is 0 Å². The third-order valence-corrected chi connectivity index (χ3v) is 6.84. The van der Waals surface area contributed by atoms with Gasteiger partial charge < -0.3 is 24.8 Å². The normalized spacial score (nSPS) is 21.4. The Bertz CT molecular complexity index is 1110. The van der Waals surface area contributed by atoms with Gasteiger partial charge in [-0.1, -0.05) is 54.6 Å². The molecule has 8 heteroatoms. The van der Waals surface area contributed by atoms with Crippen molar-refractivity contribution < 1.29 is 29.0 Å². The summed E-state index contributed by atoms with van der Waals surface area (Å²) in [6.45, 7) is 1.21. The topological polar surface area (TPSA) is 105 Å². The van der Waals surface area contributed by atoms with E-state index in [1.54, 1.807) is 11.0 Å². The average Bonchev–Trinajstić information content (AvgIpc) is 3.45. The number of carbonyl (C=O) groups excluding carboxylic acids is 2. The van der Waals surface area contributed by atoms with Crippen LogP contribution in [0.15, 0.2) is 60.2 Å². The molecule has 2 amide bonds. The lowest BCUT2D eigenvalue weighted by atomic mass is 9.98. The molecule has 1 aliphatic carbocycles. The van der Waals surface area contributed by atoms with Crippen LogP contribution in [0, 0.1) is 5.92 Å². The molecule has 2 aromatic carbocycles. The number of hydrogen-bond donors (Lipinski definition) is 2. The van der Waals surface area contributed by atoms with Crippen LogP contribution in [0.5, 0.6) is 0 Å². The lowest BCUT2D eigenvalue weighted by Gasteiger charge is -2.29. The van der Waals surface area contributed by atoms with Gasteiger partial charge in [-0.15, -0.1) is 0 Å². The van der Waals surface area contributed by atoms with Gasteiger partial charge in [0.1, 0.15) is 6.61 Å². The fourth-order valence-corrected chi connectivity index (χ4v) is 5.03. The number of aliphatic carboxylic acids is 1. The molecule has 0 bridgehead atoms. The Labute approximate surface area is 197 Å². The minimum absolute atomic E-state index is 0.0426. The molecule has 0 spiro atoms. The molecule has 8 nitrogen and oxygen atoms in total. The van der Waals surface area contributed by atoms with Gasteiger partial charge in [0.2, 0.25) is 5.91 Å². The van der Waals surface area contributed by atoms with Crippen molar-refractivity contribution >= 4 is 18.0 Å². The minimum atomic E-state index is -0.953. The van der Waals surface area contributed by atoms with E-state index in [2.05, 4.69) is 29.6 Å². The molecule has 176 valence electrons. The summed E-state index contributed by atoms with van der Waals surface area (Å²) in [7, 11) is 0. The number of hydrogen-bond acceptors (Lipinski definition) is 5. The first kappa shape index (κ1) is 22.2. The quantitative estimate of drug-likeness (QED) is 0.708. The molecule has 1 saturated heterocycles. The summed E-state index contributed by atoms with van der Waals surface area (Å²) in [5.74, 6) is -1.67. The first-order valence-corrected chi connectivity index (χ1v) is 11.4. The Morgan fingerprint density at radius 3 is 2.32 bits per heavy atom. The van der Waals surface area contributed by atoms with Gasteiger partial charge in [0, 0.05) is 24.6 Å². The first-order valence-electron chi connectivity index (χ1n) is 11.4. The molecule has 0 aromatic heterocycles. The molecule has 2 unspecified atom stereocenters. The summed E-state index contributed by atoms with van der Waals surface area (Å²) in [4.78, 5) is 38.4. The van der Waals surface area contributed by atoms with Crippen LogP contribution in [0.1, 0.15) is 23.5 Å². The van der Waals surface area contributed by atoms with Gasteiger partial charge in [0.25, 0.3) is 0 Å². The second-order valence-corrected chi connectivity index (χ2v) is 8.79. The predicted octanol–water partition coefficient (Wildman–Crippen LogP) is 2.78. The number of fused-ring (bicyclic) bond motifs is 3. The number of carboxylic acids is 1. The molecule has 2 aromatic rings. The fraction of sp³-hybridized carbons (Fsp3) is 0.346. The van der Waals surface area contributed by atoms with Crippen molar-refractivity contribution in [2.24, 2.45) is 5.92 Å². The minimum Gasteiger partial charge on any atom is -0.478 e. The van der Waals surface area contributed by atoms with Crippen LogP contribution in [-0.4, -0.2) is 66.9 Å². The molecule has 0 radical (unpaired) electrons. The Hall–Kier alpha value is -3.65. The van der Waals surface area contributed by atoms with Crippen LogP contribution in [0.25, 0.3) is 11.1 Å². The van der Waals surface area contributed by atoms with E-state index in [1.807, 2.05) is 24.3 Å². The molecule has 2 aliphatic heterocycles. The Balaban J connectivity index is 1.20. The molecule has 2 atom stereocenters. The van der Waals surface area contributed by atoms with Crippen LogP contribution in [-0.2, 0) is 19.1 Å². The van der Waals surface area contributed by atoms with Gasteiger partial charge in [0.15, 0.2) is 0 Å². The van der Waals surface area contributed by atoms with Crippen LogP contribution >= 0.6 is 0 Å². The third kappa shape index (κ3) is 4.17. The largest absolute Gasteiger partial charge is 0.478 e. The second kappa shape index (κ2) is 9.30. The zero-order valence-electron chi connectivity index (χ0n) is 18.6. The van der Waals surface area contributed by atoms with Crippen molar-refractivity contribution in [2.75, 3.05) is 32.9 Å². The van der Waals surface area contributed by atoms with Gasteiger partial charge in [-0.05, 0) is 28.7 Å². The summed E-state index contributed by atoms with van der Waals surface area (Å²) < 4.78 is 11.1. The van der Waals surface area contributed by atoms with E-state index < -0.39 is 24.0 Å². The summed E-state index contributed by atoms with van der Waals surface area (Å²) >= 11 is 0. The predicted molar refractivity (Wildman–Crippen MR) is 123 cm³/mol. The number of benzene rings is 2. The Kier molecular flexibility index (Phi) is 6.06. The van der Waals surface area contributed by atoms with Gasteiger partial charge >= 0.3 is 12.1 Å². The zero-order chi connectivity index (χ0) is 23.7. The molecule has 2 heterocycles. The maximum absolute atomic E-state index is 13.0. The summed E-state index contributed by atoms with van der Waals surface area (Å²) in [6, 6.07) is 15.8. The maximum Gasteiger partial charge on any atom is 0.407 e. The number of carbonyl (C=O) groups is 3. The zero-order valence-corrected chi connectivity index (χ0v) is 18.6. The third-order valence-electron chi connectivity index (χ3n) is 6.84. The number of carboxylic acid groups (broad SMARTS) is 1. The summed E-state index contributed by atoms with van der Waals surface area (Å²) in [5, 5.41) is 11.9. The van der Waals surface area contributed by atoms with Gasteiger partial charge in [0.05, 0.1) is 25.2 Å². The molecule has 34 heavy (non-hydrogen) atoms. The monoisotopic (exact) mass is 462 g/mol. The van der Waals surface area contributed by atoms with Crippen molar-refractivity contribution in [3.8, 4) is 11.1 Å². The number of nitrogens with zero attached hydrogens (tertiary/aromatic N) is 1. The van der Waals surface area contributed by atoms with E-state index in [9.17, 15) is 14.4 Å². The SMILES string of the molecule is O=C(NC1COCC1C(=O)N1CC=C(C(=O)O)CC1)OCC1c2ccccc2-c2ccccc21. The van der Waals surface area contributed by atoms with Crippen molar-refractivity contribution in [1.29, 1.82) is 0 Å². The van der Waals surface area contributed by atoms with E-state index in [0.717, 1.165) is 22.3 Å². The second-order valence-electron chi connectivity index (χ2n) is 8.79. The maximum atomic E-state index is 13.0. The van der Waals surface area contributed by atoms with Gasteiger partial charge in [-0.3, -0.25) is 4.79 Å². The highest BCUT2D eigenvalue weighted by Gasteiger charge is 2.38. The van der Waals surface area contributed by atoms with Crippen molar-refractivity contribution in [1.82, 2.24) is 10.2 Å². The number of amides is 2. The van der Waals surface area contributed by atoms with Crippen molar-refractivity contribution in [2.45, 2.75) is 18.4 Å². The van der Waals surface area contributed by atoms with Crippen molar-refractivity contribution in [3.05, 3.63) is 71.3 Å². The molecule has 5 rings (SSSR count). The Morgan fingerprint density at radius 2 is 1.71 bits per heavy atom. The number of ether oxygens (including phenoxy) is 2. The lowest BCUT2D eigenvalue weighted by Crippen LogP contribution is -2.48. The average molecular weight is 463 g/mol. The Morgan fingerprint density at radius 1 is 1.03 bits per heavy atom. The summed E-state index contributed by atoms with van der Waals surface area (Å²) in [6.07, 6.45) is 1.29. The van der Waals surface area contributed by atoms with Gasteiger partial charge in [-0.25, -0.2) is 9.59 Å². The van der Waals surface area contributed by atoms with E-state index in [0.29, 0.717) is 18.5 Å². The van der Waals surface area contributed by atoms with Crippen LogP contribution in [0.2, 0.25) is 0 Å². The highest BCUT2D eigenvalue weighted by Crippen LogP contribution is 2.44. The molecule has 0 saturated carbocycles. The number of alkyl carbamates (subject to hydrolysis) is 1. The van der Waals surface area contributed by atoms with E-state index in [1.165, 1.54) is 0 Å². The highest BCUT2D eigenvalue weighted by atomic mass is 16.5. The fourth-order valence-electron chi connectivity index (χ4n) is 5.03. The number of nitrogens with one attached hydrogen (secondary N) is 1. The standard InChI is InChI=1S/C26H26N2O6/c29-24(28-11-9-16(10-12-28)25(30)31)22-13-33-15-23(22)27-26(32)34-14-21-19-7-3-1-5-17(19)18-6-2-4-8-20(18)21/h1-9,21-23H,10-15H2,(H,27,32)(H,30,31). The van der Waals surface area contributed by atoms with Crippen molar-refractivity contribution in [3.63, 3.8) is 0 Å². The van der Waals surface area contributed by atoms with E-state index >= 15 is 0 Å². The molecular weight excluding hydrogens is 436 g/mol. The molecule has 2 N–H and O–H groups in total. The molecule has 3 aliphatic rings. The smallest absolute Gasteiger partial charge is 0.407 e. The first-order chi connectivity index (χ1) is 16.5.